The molecule has 0 aliphatic rings. The molecule has 1 aromatic rings. The maximum absolute atomic E-state index is 10.8. The van der Waals surface area contributed by atoms with E-state index in [-0.39, 0.29) is 5.75 Å². The molecule has 0 saturated heterocycles. The second kappa shape index (κ2) is 2.94. The molecule has 0 saturated carbocycles. The zero-order chi connectivity index (χ0) is 7.56. The summed E-state index contributed by atoms with van der Waals surface area (Å²) in [5.74, 6) is 0.160. The summed E-state index contributed by atoms with van der Waals surface area (Å²) in [7, 11) is 0. The number of aromatic hydroxyl groups is 1. The number of benzene rings is 1. The second-order valence-corrected chi connectivity index (χ2v) is 3.33. The topological polar surface area (TPSA) is 43.3 Å². The Morgan fingerprint density at radius 1 is 1.50 bits per heavy atom. The molecule has 1 unspecified atom stereocenters. The van der Waals surface area contributed by atoms with E-state index in [1.807, 2.05) is 0 Å². The van der Waals surface area contributed by atoms with Crippen LogP contribution in [0, 0.1) is 0 Å². The van der Waals surface area contributed by atoms with Gasteiger partial charge in [0.05, 0.1) is 0 Å². The zero-order valence-electron chi connectivity index (χ0n) is 5.57. The fourth-order valence-electron chi connectivity index (χ4n) is 0.662. The van der Waals surface area contributed by atoms with Crippen molar-refractivity contribution in [3.63, 3.8) is 0 Å². The van der Waals surface area contributed by atoms with Gasteiger partial charge in [-0.3, -0.25) is 0 Å². The van der Waals surface area contributed by atoms with Gasteiger partial charge >= 0.3 is 0 Å². The van der Waals surface area contributed by atoms with E-state index in [0.717, 1.165) is 0 Å². The van der Waals surface area contributed by atoms with Crippen molar-refractivity contribution in [2.24, 2.45) is 0 Å². The molecule has 1 N–H and O–H groups in total. The average Bonchev–Trinajstić information content (AvgIpc) is 1.88. The van der Waals surface area contributed by atoms with Gasteiger partial charge in [0.1, 0.15) is 12.0 Å². The van der Waals surface area contributed by atoms with E-state index < -0.39 is 11.2 Å². The molecule has 0 aromatic heterocycles. The maximum Gasteiger partial charge on any atom is 0.156 e. The van der Waals surface area contributed by atoms with Crippen LogP contribution in [0.25, 0.3) is 0 Å². The zero-order valence-corrected chi connectivity index (χ0v) is 6.39. The largest absolute Gasteiger partial charge is 0.612 e. The van der Waals surface area contributed by atoms with Crippen molar-refractivity contribution >= 4 is 11.2 Å². The first-order chi connectivity index (χ1) is 4.70. The first-order valence-corrected chi connectivity index (χ1v) is 4.38. The lowest BCUT2D eigenvalue weighted by atomic mass is 10.3. The van der Waals surface area contributed by atoms with Gasteiger partial charge in [0.2, 0.25) is 0 Å². The van der Waals surface area contributed by atoms with Crippen molar-refractivity contribution in [1.82, 2.24) is 0 Å². The summed E-state index contributed by atoms with van der Waals surface area (Å²) < 4.78 is 10.8. The van der Waals surface area contributed by atoms with Gasteiger partial charge in [0, 0.05) is 6.07 Å². The summed E-state index contributed by atoms with van der Waals surface area (Å²) in [5.41, 5.74) is 0. The van der Waals surface area contributed by atoms with Crippen LogP contribution in [-0.4, -0.2) is 15.9 Å². The van der Waals surface area contributed by atoms with E-state index in [4.69, 9.17) is 5.11 Å². The fourth-order valence-corrected chi connectivity index (χ4v) is 1.22. The minimum Gasteiger partial charge on any atom is -0.612 e. The number of phenolic OH excluding ortho intramolecular Hbond substituents is 1. The van der Waals surface area contributed by atoms with Crippen molar-refractivity contribution in [3.8, 4) is 5.75 Å². The summed E-state index contributed by atoms with van der Waals surface area (Å²) in [6.07, 6.45) is 1.58. The molecule has 0 amide bonds. The van der Waals surface area contributed by atoms with E-state index in [1.165, 1.54) is 6.07 Å². The Morgan fingerprint density at radius 3 is 2.60 bits per heavy atom. The van der Waals surface area contributed by atoms with Gasteiger partial charge < -0.3 is 9.66 Å². The van der Waals surface area contributed by atoms with E-state index >= 15 is 0 Å². The first kappa shape index (κ1) is 7.44. The van der Waals surface area contributed by atoms with Crippen LogP contribution in [-0.2, 0) is 11.2 Å². The molecule has 0 heterocycles. The molecule has 0 aliphatic heterocycles. The fraction of sp³-hybridized carbons (Fsp3) is 0.143. The predicted molar refractivity (Wildman–Crippen MR) is 40.4 cm³/mol. The van der Waals surface area contributed by atoms with Crippen LogP contribution >= 0.6 is 0 Å². The molecule has 1 aromatic carbocycles. The monoisotopic (exact) mass is 156 g/mol. The predicted octanol–water partition coefficient (Wildman–Crippen LogP) is 1.13. The Labute approximate surface area is 62.7 Å². The Balaban J connectivity index is 2.96. The number of hydrogen-bond donors (Lipinski definition) is 1. The second-order valence-electron chi connectivity index (χ2n) is 1.95. The third kappa shape index (κ3) is 1.65. The van der Waals surface area contributed by atoms with Gasteiger partial charge in [-0.2, -0.15) is 0 Å². The van der Waals surface area contributed by atoms with Crippen LogP contribution in [0.4, 0.5) is 0 Å². The number of phenols is 1. The Hall–Kier alpha value is -0.670. The molecule has 0 radical (unpaired) electrons. The van der Waals surface area contributed by atoms with Gasteiger partial charge in [-0.15, -0.1) is 0 Å². The normalized spacial score (nSPS) is 13.0. The highest BCUT2D eigenvalue weighted by atomic mass is 32.2. The van der Waals surface area contributed by atoms with Crippen LogP contribution in [0.5, 0.6) is 5.75 Å². The first-order valence-electron chi connectivity index (χ1n) is 2.82. The molecule has 0 fully saturated rings. The van der Waals surface area contributed by atoms with Crippen molar-refractivity contribution in [2.75, 3.05) is 6.26 Å². The molecule has 2 nitrogen and oxygen atoms in total. The summed E-state index contributed by atoms with van der Waals surface area (Å²) in [6.45, 7) is 0. The highest BCUT2D eigenvalue weighted by Crippen LogP contribution is 2.14. The van der Waals surface area contributed by atoms with E-state index in [0.29, 0.717) is 4.90 Å². The van der Waals surface area contributed by atoms with Crippen LogP contribution < -0.4 is 0 Å². The van der Waals surface area contributed by atoms with E-state index in [9.17, 15) is 4.55 Å². The van der Waals surface area contributed by atoms with Crippen molar-refractivity contribution in [2.45, 2.75) is 4.90 Å². The molecule has 1 rings (SSSR count). The van der Waals surface area contributed by atoms with Gasteiger partial charge in [-0.1, -0.05) is 6.07 Å². The Bertz CT molecular complexity index is 223. The highest BCUT2D eigenvalue weighted by Gasteiger charge is 2.02. The third-order valence-corrected chi connectivity index (χ3v) is 2.07. The summed E-state index contributed by atoms with van der Waals surface area (Å²) >= 11 is -0.999. The molecule has 0 aliphatic carbocycles. The van der Waals surface area contributed by atoms with Gasteiger partial charge in [0.25, 0.3) is 0 Å². The van der Waals surface area contributed by atoms with Gasteiger partial charge in [-0.05, 0) is 23.3 Å². The van der Waals surface area contributed by atoms with Crippen LogP contribution in [0.2, 0.25) is 0 Å². The van der Waals surface area contributed by atoms with Crippen LogP contribution in [0.15, 0.2) is 29.2 Å². The van der Waals surface area contributed by atoms with Crippen LogP contribution in [0.3, 0.4) is 0 Å². The van der Waals surface area contributed by atoms with Crippen molar-refractivity contribution in [1.29, 1.82) is 0 Å². The van der Waals surface area contributed by atoms with Gasteiger partial charge in [-0.25, -0.2) is 0 Å². The molecular weight excluding hydrogens is 148 g/mol. The van der Waals surface area contributed by atoms with E-state index in [2.05, 4.69) is 0 Å². The SMILES string of the molecule is C[S+]([O-])c1cccc(O)c1. The highest BCUT2D eigenvalue weighted by molar-refractivity contribution is 7.90. The van der Waals surface area contributed by atoms with Gasteiger partial charge in [0.15, 0.2) is 4.90 Å². The maximum atomic E-state index is 10.8. The number of rotatable bonds is 1. The summed E-state index contributed by atoms with van der Waals surface area (Å²) in [5, 5.41) is 8.93. The van der Waals surface area contributed by atoms with E-state index in [1.54, 1.807) is 24.5 Å². The lowest BCUT2D eigenvalue weighted by Gasteiger charge is -2.02. The Kier molecular flexibility index (Phi) is 2.19. The lowest BCUT2D eigenvalue weighted by molar-refractivity contribution is 0.473. The summed E-state index contributed by atoms with van der Waals surface area (Å²) in [4.78, 5) is 0.653. The standard InChI is InChI=1S/C7H8O2S/c1-10(9)7-4-2-3-6(8)5-7/h2-5,8H,1H3. The molecule has 54 valence electrons. The third-order valence-electron chi connectivity index (χ3n) is 1.15. The summed E-state index contributed by atoms with van der Waals surface area (Å²) in [6, 6.07) is 6.44. The molecule has 1 atom stereocenters. The number of hydrogen-bond acceptors (Lipinski definition) is 2. The molecule has 10 heavy (non-hydrogen) atoms. The van der Waals surface area contributed by atoms with Crippen molar-refractivity contribution in [3.05, 3.63) is 24.3 Å². The molecule has 0 spiro atoms. The minimum absolute atomic E-state index is 0.160. The quantitative estimate of drug-likeness (QED) is 0.619. The Morgan fingerprint density at radius 2 is 2.20 bits per heavy atom. The van der Waals surface area contributed by atoms with Crippen LogP contribution in [0.1, 0.15) is 0 Å². The molecular formula is C7H8O2S. The lowest BCUT2D eigenvalue weighted by Crippen LogP contribution is -1.95. The molecule has 3 heteroatoms. The smallest absolute Gasteiger partial charge is 0.156 e. The average molecular weight is 156 g/mol. The van der Waals surface area contributed by atoms with Crippen molar-refractivity contribution < 1.29 is 9.66 Å². The molecule has 0 bridgehead atoms. The minimum atomic E-state index is -0.999.